The molecular formula is C16H17N5OS. The monoisotopic (exact) mass is 327 g/mol. The lowest BCUT2D eigenvalue weighted by atomic mass is 10.00. The summed E-state index contributed by atoms with van der Waals surface area (Å²) >= 11 is 1.40. The van der Waals surface area contributed by atoms with Crippen molar-refractivity contribution in [3.05, 3.63) is 22.7 Å². The van der Waals surface area contributed by atoms with Crippen LogP contribution < -0.4 is 10.2 Å². The van der Waals surface area contributed by atoms with E-state index in [2.05, 4.69) is 28.3 Å². The van der Waals surface area contributed by atoms with Crippen molar-refractivity contribution >= 4 is 33.3 Å². The van der Waals surface area contributed by atoms with Gasteiger partial charge in [-0.2, -0.15) is 5.26 Å². The van der Waals surface area contributed by atoms with Gasteiger partial charge in [-0.1, -0.05) is 0 Å². The molecule has 2 aliphatic rings. The van der Waals surface area contributed by atoms with Crippen molar-refractivity contribution in [3.63, 3.8) is 0 Å². The van der Waals surface area contributed by atoms with Crippen LogP contribution in [0.3, 0.4) is 0 Å². The van der Waals surface area contributed by atoms with E-state index in [9.17, 15) is 4.79 Å². The van der Waals surface area contributed by atoms with E-state index < -0.39 is 0 Å². The topological polar surface area (TPSA) is 72.3 Å². The fraction of sp³-hybridized carbons (Fsp3) is 0.438. The van der Waals surface area contributed by atoms with Gasteiger partial charge in [0.2, 0.25) is 0 Å². The van der Waals surface area contributed by atoms with E-state index >= 15 is 0 Å². The fourth-order valence-electron chi connectivity index (χ4n) is 3.46. The van der Waals surface area contributed by atoms with E-state index in [4.69, 9.17) is 5.26 Å². The zero-order valence-corrected chi connectivity index (χ0v) is 13.7. The van der Waals surface area contributed by atoms with Gasteiger partial charge in [0.05, 0.1) is 15.9 Å². The van der Waals surface area contributed by atoms with E-state index in [1.54, 1.807) is 0 Å². The second-order valence-electron chi connectivity index (χ2n) is 6.10. The second kappa shape index (κ2) is 5.48. The summed E-state index contributed by atoms with van der Waals surface area (Å²) in [7, 11) is 2.11. The van der Waals surface area contributed by atoms with E-state index in [0.717, 1.165) is 47.4 Å². The van der Waals surface area contributed by atoms with Crippen LogP contribution in [-0.4, -0.2) is 42.1 Å². The summed E-state index contributed by atoms with van der Waals surface area (Å²) in [6.07, 6.45) is 1.95. The molecule has 0 bridgehead atoms. The maximum atomic E-state index is 12.5. The summed E-state index contributed by atoms with van der Waals surface area (Å²) < 4.78 is 1.000. The number of piperidine rings is 1. The lowest BCUT2D eigenvalue weighted by Gasteiger charge is -2.40. The Hall–Kier alpha value is -2.17. The van der Waals surface area contributed by atoms with Gasteiger partial charge in [-0.05, 0) is 45.1 Å². The lowest BCUT2D eigenvalue weighted by molar-refractivity contribution is 0.225. The minimum atomic E-state index is -0.0258. The van der Waals surface area contributed by atoms with Gasteiger partial charge in [0.15, 0.2) is 5.01 Å². The number of nitrogens with one attached hydrogen (secondary N) is 1. The first-order valence-electron chi connectivity index (χ1n) is 7.75. The van der Waals surface area contributed by atoms with Gasteiger partial charge in [0.25, 0.3) is 0 Å². The Morgan fingerprint density at radius 3 is 2.91 bits per heavy atom. The number of nitriles is 1. The molecule has 6 nitrogen and oxygen atoms in total. The molecule has 0 unspecified atom stereocenters. The molecule has 0 radical (unpaired) electrons. The number of carbonyl (C=O) groups is 1. The first kappa shape index (κ1) is 14.4. The number of nitrogens with zero attached hydrogens (tertiary/aromatic N) is 4. The van der Waals surface area contributed by atoms with Gasteiger partial charge < -0.3 is 10.2 Å². The maximum Gasteiger partial charge on any atom is 0.322 e. The number of rotatable bonds is 1. The molecule has 0 saturated carbocycles. The highest BCUT2D eigenvalue weighted by atomic mass is 32.1. The summed E-state index contributed by atoms with van der Waals surface area (Å²) in [5.74, 6) is 0. The van der Waals surface area contributed by atoms with Crippen LogP contribution in [0.1, 0.15) is 23.4 Å². The number of benzene rings is 1. The van der Waals surface area contributed by atoms with E-state index in [1.807, 2.05) is 17.0 Å². The van der Waals surface area contributed by atoms with Crippen molar-refractivity contribution in [1.82, 2.24) is 15.2 Å². The number of hydrogen-bond donors (Lipinski definition) is 1. The van der Waals surface area contributed by atoms with Crippen LogP contribution in [0.25, 0.3) is 10.2 Å². The molecule has 0 aliphatic carbocycles. The maximum absolute atomic E-state index is 12.5. The zero-order chi connectivity index (χ0) is 16.0. The van der Waals surface area contributed by atoms with E-state index in [-0.39, 0.29) is 12.1 Å². The molecule has 0 atom stereocenters. The Bertz CT molecular complexity index is 816. The molecule has 23 heavy (non-hydrogen) atoms. The quantitative estimate of drug-likeness (QED) is 0.872. The van der Waals surface area contributed by atoms with Crippen LogP contribution in [0.2, 0.25) is 0 Å². The minimum absolute atomic E-state index is 0.0258. The Labute approximate surface area is 138 Å². The minimum Gasteiger partial charge on any atom is -0.333 e. The van der Waals surface area contributed by atoms with Crippen molar-refractivity contribution < 1.29 is 4.79 Å². The number of urea groups is 1. The number of anilines is 1. The van der Waals surface area contributed by atoms with E-state index in [0.29, 0.717) is 11.6 Å². The zero-order valence-electron chi connectivity index (χ0n) is 12.9. The average Bonchev–Trinajstić information content (AvgIpc) is 2.99. The highest BCUT2D eigenvalue weighted by Gasteiger charge is 2.33. The van der Waals surface area contributed by atoms with Gasteiger partial charge >= 0.3 is 6.03 Å². The highest BCUT2D eigenvalue weighted by Crippen LogP contribution is 2.36. The molecule has 2 aliphatic heterocycles. The largest absolute Gasteiger partial charge is 0.333 e. The third kappa shape index (κ3) is 2.35. The predicted molar refractivity (Wildman–Crippen MR) is 89.6 cm³/mol. The molecule has 3 heterocycles. The number of aromatic nitrogens is 1. The second-order valence-corrected chi connectivity index (χ2v) is 7.13. The van der Waals surface area contributed by atoms with Gasteiger partial charge in [-0.3, -0.25) is 4.90 Å². The van der Waals surface area contributed by atoms with Crippen LogP contribution in [-0.2, 0) is 6.54 Å². The Kier molecular flexibility index (Phi) is 3.43. The molecule has 4 rings (SSSR count). The Balaban J connectivity index is 1.78. The molecule has 2 amide bonds. The van der Waals surface area contributed by atoms with Gasteiger partial charge in [-0.15, -0.1) is 11.3 Å². The van der Waals surface area contributed by atoms with Crippen molar-refractivity contribution in [1.29, 1.82) is 5.26 Å². The SMILES string of the molecule is CN1CCC(N2C(=O)NCc3c2ccc2sc(C#N)nc32)CC1. The normalized spacial score (nSPS) is 19.5. The van der Waals surface area contributed by atoms with Crippen LogP contribution >= 0.6 is 11.3 Å². The third-order valence-electron chi connectivity index (χ3n) is 4.68. The van der Waals surface area contributed by atoms with Crippen LogP contribution in [0, 0.1) is 11.3 Å². The number of fused-ring (bicyclic) bond motifs is 3. The number of likely N-dealkylation sites (tertiary alicyclic amines) is 1. The van der Waals surface area contributed by atoms with Gasteiger partial charge in [-0.25, -0.2) is 9.78 Å². The third-order valence-corrected chi connectivity index (χ3v) is 5.61. The summed E-state index contributed by atoms with van der Waals surface area (Å²) in [4.78, 5) is 21.1. The summed E-state index contributed by atoms with van der Waals surface area (Å²) in [5, 5.41) is 12.5. The molecule has 1 aromatic heterocycles. The summed E-state index contributed by atoms with van der Waals surface area (Å²) in [5.41, 5.74) is 2.83. The van der Waals surface area contributed by atoms with Crippen molar-refractivity contribution in [2.24, 2.45) is 0 Å². The van der Waals surface area contributed by atoms with Crippen LogP contribution in [0.15, 0.2) is 12.1 Å². The van der Waals surface area contributed by atoms with Gasteiger partial charge in [0, 0.05) is 18.2 Å². The average molecular weight is 327 g/mol. The van der Waals surface area contributed by atoms with E-state index in [1.165, 1.54) is 11.3 Å². The van der Waals surface area contributed by atoms with Crippen molar-refractivity contribution in [3.8, 4) is 6.07 Å². The number of thiazole rings is 1. The molecular weight excluding hydrogens is 310 g/mol. The smallest absolute Gasteiger partial charge is 0.322 e. The standard InChI is InChI=1S/C16H17N5OS/c1-20-6-4-10(5-7-20)21-12-2-3-13-15(19-14(8-17)23-13)11(12)9-18-16(21)22/h2-3,10H,4-7,9H2,1H3,(H,18,22). The fourth-order valence-corrected chi connectivity index (χ4v) is 4.25. The highest BCUT2D eigenvalue weighted by molar-refractivity contribution is 7.19. The first-order valence-corrected chi connectivity index (χ1v) is 8.57. The number of carbonyl (C=O) groups excluding carboxylic acids is 1. The van der Waals surface area contributed by atoms with Gasteiger partial charge in [0.1, 0.15) is 6.07 Å². The summed E-state index contributed by atoms with van der Waals surface area (Å²) in [6.45, 7) is 2.48. The molecule has 2 aromatic rings. The molecule has 1 fully saturated rings. The van der Waals surface area contributed by atoms with Crippen LogP contribution in [0.5, 0.6) is 0 Å². The number of hydrogen-bond acceptors (Lipinski definition) is 5. The summed E-state index contributed by atoms with van der Waals surface area (Å²) in [6, 6.07) is 6.29. The molecule has 1 saturated heterocycles. The lowest BCUT2D eigenvalue weighted by Crippen LogP contribution is -2.53. The number of amides is 2. The predicted octanol–water partition coefficient (Wildman–Crippen LogP) is 2.29. The molecule has 118 valence electrons. The molecule has 7 heteroatoms. The van der Waals surface area contributed by atoms with Crippen molar-refractivity contribution in [2.75, 3.05) is 25.0 Å². The molecule has 1 N–H and O–H groups in total. The Morgan fingerprint density at radius 2 is 2.17 bits per heavy atom. The molecule has 1 aromatic carbocycles. The first-order chi connectivity index (χ1) is 11.2. The van der Waals surface area contributed by atoms with Crippen molar-refractivity contribution in [2.45, 2.75) is 25.4 Å². The Morgan fingerprint density at radius 1 is 1.39 bits per heavy atom. The molecule has 0 spiro atoms. The van der Waals surface area contributed by atoms with Crippen LogP contribution in [0.4, 0.5) is 10.5 Å².